The number of hydrogen-bond donors (Lipinski definition) is 1. The van der Waals surface area contributed by atoms with E-state index in [2.05, 4.69) is 37.1 Å². The number of ether oxygens (including phenoxy) is 1. The molecule has 3 nitrogen and oxygen atoms in total. The van der Waals surface area contributed by atoms with Crippen molar-refractivity contribution in [1.82, 2.24) is 10.3 Å². The Balaban J connectivity index is 2.97. The molecule has 0 saturated heterocycles. The number of aromatic nitrogens is 1. The topological polar surface area (TPSA) is 34.1 Å². The molecule has 2 unspecified atom stereocenters. The summed E-state index contributed by atoms with van der Waals surface area (Å²) in [5.41, 5.74) is 1.10. The van der Waals surface area contributed by atoms with Crippen molar-refractivity contribution in [2.75, 3.05) is 13.7 Å². The van der Waals surface area contributed by atoms with Gasteiger partial charge in [0, 0.05) is 23.7 Å². The molecule has 96 valence electrons. The first-order valence-electron chi connectivity index (χ1n) is 6.37. The zero-order valence-corrected chi connectivity index (χ0v) is 11.5. The second-order valence-corrected chi connectivity index (χ2v) is 4.68. The Morgan fingerprint density at radius 3 is 2.53 bits per heavy atom. The summed E-state index contributed by atoms with van der Waals surface area (Å²) < 4.78 is 5.46. The van der Waals surface area contributed by atoms with E-state index in [0.717, 1.165) is 11.6 Å². The van der Waals surface area contributed by atoms with Crippen LogP contribution in [0.3, 0.4) is 0 Å². The molecule has 0 aliphatic rings. The lowest BCUT2D eigenvalue weighted by Gasteiger charge is -2.27. The molecule has 0 aliphatic carbocycles. The summed E-state index contributed by atoms with van der Waals surface area (Å²) in [6, 6.07) is 6.42. The van der Waals surface area contributed by atoms with Gasteiger partial charge in [-0.1, -0.05) is 19.9 Å². The number of likely N-dealkylation sites (N-methyl/N-ethyl adjacent to an activating group) is 1. The molecule has 1 rings (SSSR count). The van der Waals surface area contributed by atoms with E-state index < -0.39 is 0 Å². The summed E-state index contributed by atoms with van der Waals surface area (Å²) in [6.07, 6.45) is 0. The van der Waals surface area contributed by atoms with Crippen molar-refractivity contribution >= 4 is 0 Å². The lowest BCUT2D eigenvalue weighted by molar-refractivity contribution is 0.320. The Morgan fingerprint density at radius 2 is 2.00 bits per heavy atom. The predicted molar refractivity (Wildman–Crippen MR) is 71.5 cm³/mol. The minimum atomic E-state index is 0.402. The van der Waals surface area contributed by atoms with Crippen molar-refractivity contribution in [1.29, 1.82) is 0 Å². The number of pyridine rings is 1. The van der Waals surface area contributed by atoms with Gasteiger partial charge in [0.1, 0.15) is 0 Å². The minimum Gasteiger partial charge on any atom is -0.478 e. The Morgan fingerprint density at radius 1 is 1.29 bits per heavy atom. The van der Waals surface area contributed by atoms with Crippen LogP contribution in [0.15, 0.2) is 18.2 Å². The highest BCUT2D eigenvalue weighted by Gasteiger charge is 2.23. The van der Waals surface area contributed by atoms with Gasteiger partial charge in [0.15, 0.2) is 0 Å². The third-order valence-electron chi connectivity index (χ3n) is 3.09. The van der Waals surface area contributed by atoms with E-state index in [0.29, 0.717) is 24.5 Å². The standard InChI is InChI=1S/C14H24N2O/c1-6-17-13-9-7-8-12(16-13)14(10(2)3)11(4)15-5/h7-11,14-15H,6H2,1-5H3. The highest BCUT2D eigenvalue weighted by Crippen LogP contribution is 2.27. The predicted octanol–water partition coefficient (Wildman–Crippen LogP) is 2.83. The zero-order valence-electron chi connectivity index (χ0n) is 11.5. The van der Waals surface area contributed by atoms with Gasteiger partial charge in [-0.05, 0) is 32.9 Å². The Hall–Kier alpha value is -1.09. The van der Waals surface area contributed by atoms with Gasteiger partial charge in [-0.3, -0.25) is 0 Å². The van der Waals surface area contributed by atoms with Crippen LogP contribution in [0, 0.1) is 5.92 Å². The molecule has 0 fully saturated rings. The maximum atomic E-state index is 5.46. The molecule has 1 aromatic heterocycles. The highest BCUT2D eigenvalue weighted by atomic mass is 16.5. The average molecular weight is 236 g/mol. The lowest BCUT2D eigenvalue weighted by atomic mass is 9.86. The normalized spacial score (nSPS) is 14.7. The fraction of sp³-hybridized carbons (Fsp3) is 0.643. The molecule has 0 radical (unpaired) electrons. The molecule has 1 N–H and O–H groups in total. The second-order valence-electron chi connectivity index (χ2n) is 4.68. The second kappa shape index (κ2) is 6.60. The summed E-state index contributed by atoms with van der Waals surface area (Å²) in [5, 5.41) is 3.32. The van der Waals surface area contributed by atoms with Crippen LogP contribution in [-0.4, -0.2) is 24.7 Å². The van der Waals surface area contributed by atoms with Gasteiger partial charge in [-0.25, -0.2) is 4.98 Å². The van der Waals surface area contributed by atoms with Gasteiger partial charge in [0.05, 0.1) is 6.61 Å². The molecule has 0 bridgehead atoms. The zero-order chi connectivity index (χ0) is 12.8. The molecular weight excluding hydrogens is 212 g/mol. The van der Waals surface area contributed by atoms with Crippen molar-refractivity contribution in [3.63, 3.8) is 0 Å². The van der Waals surface area contributed by atoms with Crippen LogP contribution in [0.1, 0.15) is 39.3 Å². The quantitative estimate of drug-likeness (QED) is 0.824. The van der Waals surface area contributed by atoms with E-state index >= 15 is 0 Å². The summed E-state index contributed by atoms with van der Waals surface area (Å²) >= 11 is 0. The van der Waals surface area contributed by atoms with Gasteiger partial charge in [0.2, 0.25) is 5.88 Å². The first kappa shape index (κ1) is 14.0. The fourth-order valence-corrected chi connectivity index (χ4v) is 2.20. The molecule has 0 saturated carbocycles. The molecule has 2 atom stereocenters. The SMILES string of the molecule is CCOc1cccc(C(C(C)C)C(C)NC)n1. The largest absolute Gasteiger partial charge is 0.478 e. The van der Waals surface area contributed by atoms with Gasteiger partial charge in [0.25, 0.3) is 0 Å². The van der Waals surface area contributed by atoms with Gasteiger partial charge >= 0.3 is 0 Å². The van der Waals surface area contributed by atoms with E-state index in [1.807, 2.05) is 26.1 Å². The Kier molecular flexibility index (Phi) is 5.42. The molecule has 3 heteroatoms. The van der Waals surface area contributed by atoms with Gasteiger partial charge in [-0.2, -0.15) is 0 Å². The van der Waals surface area contributed by atoms with Crippen molar-refractivity contribution in [3.8, 4) is 5.88 Å². The van der Waals surface area contributed by atoms with Crippen LogP contribution in [0.4, 0.5) is 0 Å². The van der Waals surface area contributed by atoms with Crippen LogP contribution >= 0.6 is 0 Å². The van der Waals surface area contributed by atoms with Crippen LogP contribution in [0.5, 0.6) is 5.88 Å². The van der Waals surface area contributed by atoms with Crippen LogP contribution in [-0.2, 0) is 0 Å². The van der Waals surface area contributed by atoms with E-state index in [1.54, 1.807) is 0 Å². The molecule has 0 amide bonds. The minimum absolute atomic E-state index is 0.402. The molecule has 1 aromatic rings. The summed E-state index contributed by atoms with van der Waals surface area (Å²) in [4.78, 5) is 4.59. The molecular formula is C14H24N2O. The van der Waals surface area contributed by atoms with E-state index in [-0.39, 0.29) is 0 Å². The van der Waals surface area contributed by atoms with Gasteiger partial charge in [-0.15, -0.1) is 0 Å². The fourth-order valence-electron chi connectivity index (χ4n) is 2.20. The van der Waals surface area contributed by atoms with Crippen molar-refractivity contribution < 1.29 is 4.74 Å². The van der Waals surface area contributed by atoms with E-state index in [9.17, 15) is 0 Å². The summed E-state index contributed by atoms with van der Waals surface area (Å²) in [7, 11) is 1.99. The third-order valence-corrected chi connectivity index (χ3v) is 3.09. The third kappa shape index (κ3) is 3.70. The smallest absolute Gasteiger partial charge is 0.213 e. The molecule has 17 heavy (non-hydrogen) atoms. The maximum absolute atomic E-state index is 5.46. The lowest BCUT2D eigenvalue weighted by Crippen LogP contribution is -2.32. The molecule has 0 spiro atoms. The monoisotopic (exact) mass is 236 g/mol. The number of nitrogens with zero attached hydrogens (tertiary/aromatic N) is 1. The number of hydrogen-bond acceptors (Lipinski definition) is 3. The Bertz CT molecular complexity index is 339. The summed E-state index contributed by atoms with van der Waals surface area (Å²) in [6.45, 7) is 9.29. The number of nitrogens with one attached hydrogen (secondary N) is 1. The number of rotatable bonds is 6. The van der Waals surface area contributed by atoms with Crippen LogP contribution in [0.2, 0.25) is 0 Å². The van der Waals surface area contributed by atoms with Crippen molar-refractivity contribution in [2.24, 2.45) is 5.92 Å². The van der Waals surface area contributed by atoms with E-state index in [4.69, 9.17) is 4.74 Å². The Labute approximate surface area is 105 Å². The molecule has 1 heterocycles. The first-order valence-corrected chi connectivity index (χ1v) is 6.37. The average Bonchev–Trinajstić information content (AvgIpc) is 2.29. The highest BCUT2D eigenvalue weighted by molar-refractivity contribution is 5.20. The van der Waals surface area contributed by atoms with Gasteiger partial charge < -0.3 is 10.1 Å². The van der Waals surface area contributed by atoms with E-state index in [1.165, 1.54) is 0 Å². The summed E-state index contributed by atoms with van der Waals surface area (Å²) in [5.74, 6) is 1.67. The van der Waals surface area contributed by atoms with Crippen LogP contribution in [0.25, 0.3) is 0 Å². The maximum Gasteiger partial charge on any atom is 0.213 e. The van der Waals surface area contributed by atoms with Crippen molar-refractivity contribution in [3.05, 3.63) is 23.9 Å². The molecule has 0 aromatic carbocycles. The van der Waals surface area contributed by atoms with Crippen LogP contribution < -0.4 is 10.1 Å². The molecule has 0 aliphatic heterocycles. The first-order chi connectivity index (χ1) is 8.10. The van der Waals surface area contributed by atoms with Crippen molar-refractivity contribution in [2.45, 2.75) is 39.7 Å².